The fourth-order valence-corrected chi connectivity index (χ4v) is 15.0. The third-order valence-electron chi connectivity index (χ3n) is 22.3. The number of rotatable bonds is 63. The van der Waals surface area contributed by atoms with E-state index >= 15 is 0 Å². The summed E-state index contributed by atoms with van der Waals surface area (Å²) in [6.45, 7) is 20.1. The molecule has 576 valence electrons. The number of fused-ring (bicyclic) bond motifs is 3. The second-order valence-electron chi connectivity index (χ2n) is 31.9. The predicted molar refractivity (Wildman–Crippen MR) is 460 cm³/mol. The lowest BCUT2D eigenvalue weighted by molar-refractivity contribution is 0.524. The molecule has 0 amide bonds. The zero-order chi connectivity index (χ0) is 72.9. The Morgan fingerprint density at radius 3 is 0.853 bits per heavy atom. The number of hydrogen-bond donors (Lipinski definition) is 0. The topological polar surface area (TPSA) is 38.7 Å². The van der Waals surface area contributed by atoms with Crippen molar-refractivity contribution >= 4 is 32.7 Å². The van der Waals surface area contributed by atoms with Crippen molar-refractivity contribution < 1.29 is 0 Å². The van der Waals surface area contributed by atoms with Crippen molar-refractivity contribution in [3.05, 3.63) is 139 Å². The Bertz CT molecular complexity index is 2610. The normalized spacial score (nSPS) is 12.2. The first-order valence-corrected chi connectivity index (χ1v) is 45.0. The van der Waals surface area contributed by atoms with Crippen molar-refractivity contribution in [2.24, 2.45) is 0 Å². The van der Waals surface area contributed by atoms with Crippen LogP contribution < -0.4 is 0 Å². The largest absolute Gasteiger partial charge is 0.256 e. The van der Waals surface area contributed by atoms with Crippen molar-refractivity contribution in [3.63, 3.8) is 0 Å². The molecule has 3 aromatic heterocycles. The van der Waals surface area contributed by atoms with Crippen LogP contribution in [0.2, 0.25) is 0 Å². The Morgan fingerprint density at radius 2 is 0.520 bits per heavy atom. The molecule has 0 N–H and O–H groups in total. The average Bonchev–Trinajstić information content (AvgIpc) is 0.827. The summed E-state index contributed by atoms with van der Waals surface area (Å²) in [4.78, 5) is 13.7. The lowest BCUT2D eigenvalue weighted by Gasteiger charge is -2.15. The van der Waals surface area contributed by atoms with Gasteiger partial charge in [0.15, 0.2) is 0 Å². The van der Waals surface area contributed by atoms with E-state index in [0.717, 1.165) is 11.0 Å². The van der Waals surface area contributed by atoms with Gasteiger partial charge in [-0.3, -0.25) is 15.0 Å². The molecule has 0 saturated heterocycles. The van der Waals surface area contributed by atoms with Gasteiger partial charge in [0, 0.05) is 34.7 Å². The molecule has 3 heterocycles. The molecule has 0 radical (unpaired) electrons. The van der Waals surface area contributed by atoms with E-state index in [0.29, 0.717) is 17.8 Å². The van der Waals surface area contributed by atoms with E-state index in [4.69, 9.17) is 4.98 Å². The van der Waals surface area contributed by atoms with Crippen LogP contribution in [-0.4, -0.2) is 15.0 Å². The van der Waals surface area contributed by atoms with E-state index in [9.17, 15) is 0 Å². The van der Waals surface area contributed by atoms with E-state index in [2.05, 4.69) is 144 Å². The van der Waals surface area contributed by atoms with E-state index < -0.39 is 0 Å². The lowest BCUT2D eigenvalue weighted by atomic mass is 9.92. The summed E-state index contributed by atoms with van der Waals surface area (Å²) in [6, 6.07) is 32.3. The third-order valence-corrected chi connectivity index (χ3v) is 22.3. The number of allylic oxidation sites excluding steroid dienone is 1. The maximum Gasteiger partial charge on any atom is 0.0705 e. The van der Waals surface area contributed by atoms with Gasteiger partial charge in [-0.05, 0) is 103 Å². The van der Waals surface area contributed by atoms with Crippen molar-refractivity contribution in [1.82, 2.24) is 15.0 Å². The number of benzene rings is 3. The Kier molecular flexibility index (Phi) is 61.6. The number of pyridine rings is 3. The molecule has 0 fully saturated rings. The molecule has 3 unspecified atom stereocenters. The highest BCUT2D eigenvalue weighted by Gasteiger charge is 2.12. The van der Waals surface area contributed by atoms with Gasteiger partial charge < -0.3 is 0 Å². The number of para-hydroxylation sites is 2. The van der Waals surface area contributed by atoms with Gasteiger partial charge in [0.05, 0.1) is 16.6 Å². The Morgan fingerprint density at radius 1 is 0.255 bits per heavy atom. The third kappa shape index (κ3) is 50.2. The molecule has 3 heteroatoms. The Labute approximate surface area is 634 Å². The Balaban J connectivity index is 0.000000404. The van der Waals surface area contributed by atoms with Crippen molar-refractivity contribution in [2.45, 2.75) is 451 Å². The lowest BCUT2D eigenvalue weighted by Crippen LogP contribution is -1.97. The van der Waals surface area contributed by atoms with E-state index in [1.807, 2.05) is 36.5 Å². The maximum absolute atomic E-state index is 4.94. The number of nitrogens with zero attached hydrogens (tertiary/aromatic N) is 3. The van der Waals surface area contributed by atoms with Crippen LogP contribution in [0.1, 0.15) is 468 Å². The minimum atomic E-state index is 0.605. The van der Waals surface area contributed by atoms with E-state index in [-0.39, 0.29) is 0 Å². The minimum absolute atomic E-state index is 0.605. The molecule has 6 rings (SSSR count). The van der Waals surface area contributed by atoms with Gasteiger partial charge in [0.1, 0.15) is 0 Å². The fourth-order valence-electron chi connectivity index (χ4n) is 15.0. The summed E-state index contributed by atoms with van der Waals surface area (Å²) in [6.07, 6.45) is 93.5. The first-order chi connectivity index (χ1) is 50.3. The Hall–Kier alpha value is -4.37. The first-order valence-electron chi connectivity index (χ1n) is 45.0. The van der Waals surface area contributed by atoms with Crippen LogP contribution in [0.4, 0.5) is 0 Å². The summed E-state index contributed by atoms with van der Waals surface area (Å²) < 4.78 is 0. The van der Waals surface area contributed by atoms with Crippen LogP contribution in [-0.2, 0) is 0 Å². The SMILES string of the molecule is C=CCCCCCCCCCCCCCCCC.CCCCCCCCCCCCCCCCC(C)c1cnc2cc(C(C)CCCCCCCCCCCCCCCC)ccc2c1.CCCCCCCCCCCCCCCCC(C)c1cnc2ccccc2c1.c1ccc2ncccc2c1. The van der Waals surface area contributed by atoms with Crippen LogP contribution in [0.15, 0.2) is 122 Å². The van der Waals surface area contributed by atoms with Gasteiger partial charge >= 0.3 is 0 Å². The predicted octanol–water partition coefficient (Wildman–Crippen LogP) is 34.7. The summed E-state index contributed by atoms with van der Waals surface area (Å²) in [5.41, 5.74) is 7.63. The molecule has 0 aliphatic carbocycles. The molecular weight excluding hydrogens is 1230 g/mol. The number of aromatic nitrogens is 3. The fraction of sp³-hybridized carbons (Fsp3) is 0.707. The van der Waals surface area contributed by atoms with E-state index in [1.165, 1.54) is 424 Å². The van der Waals surface area contributed by atoms with Gasteiger partial charge in [0.2, 0.25) is 0 Å². The summed E-state index contributed by atoms with van der Waals surface area (Å²) in [7, 11) is 0. The second kappa shape index (κ2) is 68.4. The van der Waals surface area contributed by atoms with Gasteiger partial charge in [-0.25, -0.2) is 0 Å². The maximum atomic E-state index is 4.94. The second-order valence-corrected chi connectivity index (χ2v) is 31.9. The highest BCUT2D eigenvalue weighted by Crippen LogP contribution is 2.30. The molecule has 3 nitrogen and oxygen atoms in total. The molecule has 6 aromatic rings. The standard InChI is InChI=1S/C45H79N.C27H43N.C18H36.C9H7N/c1-5-7-9-11-13-15-17-19-21-23-25-27-29-31-33-40(3)42-35-36-43-37-44(39-46-45(43)38-42)41(4)34-32-30-28-26-24-22-20-18-16-14-12-10-8-6-2;1-3-4-5-6-7-8-9-10-11-12-13-14-15-16-19-24(2)26-22-25-20-17-18-21-27(25)28-23-26;1-3-5-7-9-11-13-15-17-18-16-14-12-10-8-6-4-2;1-2-6-9-8(4-1)5-3-7-10-9/h35-41H,5-34H2,1-4H3;17-18,20-24H,3-16,19H2,1-2H3;3H,1,4-18H2,2H3;1-7H. The molecule has 0 spiro atoms. The smallest absolute Gasteiger partial charge is 0.0705 e. The molecular formula is C99H165N3. The number of unbranched alkanes of at least 4 members (excludes halogenated alkanes) is 53. The quantitative estimate of drug-likeness (QED) is 0.0282. The van der Waals surface area contributed by atoms with E-state index in [1.54, 1.807) is 0 Å². The number of hydrogen-bond acceptors (Lipinski definition) is 3. The minimum Gasteiger partial charge on any atom is -0.256 e. The van der Waals surface area contributed by atoms with Crippen LogP contribution >= 0.6 is 0 Å². The summed E-state index contributed by atoms with van der Waals surface area (Å²) in [5, 5.41) is 3.79. The average molecular weight is 1400 g/mol. The summed E-state index contributed by atoms with van der Waals surface area (Å²) in [5.74, 6) is 1.85. The van der Waals surface area contributed by atoms with Gasteiger partial charge in [0.25, 0.3) is 0 Å². The molecule has 3 aromatic carbocycles. The molecule has 0 aliphatic rings. The van der Waals surface area contributed by atoms with Crippen molar-refractivity contribution in [3.8, 4) is 0 Å². The van der Waals surface area contributed by atoms with Crippen LogP contribution in [0, 0.1) is 0 Å². The highest BCUT2D eigenvalue weighted by molar-refractivity contribution is 5.80. The zero-order valence-electron chi connectivity index (χ0n) is 68.7. The molecule has 0 aliphatic heterocycles. The monoisotopic (exact) mass is 1400 g/mol. The highest BCUT2D eigenvalue weighted by atomic mass is 14.7. The first kappa shape index (κ1) is 91.8. The molecule has 3 atom stereocenters. The van der Waals surface area contributed by atoms with Crippen molar-refractivity contribution in [2.75, 3.05) is 0 Å². The molecule has 0 saturated carbocycles. The summed E-state index contributed by atoms with van der Waals surface area (Å²) >= 11 is 0. The zero-order valence-corrected chi connectivity index (χ0v) is 68.7. The van der Waals surface area contributed by atoms with Gasteiger partial charge in [-0.1, -0.05) is 462 Å². The molecule has 102 heavy (non-hydrogen) atoms. The van der Waals surface area contributed by atoms with Crippen LogP contribution in [0.25, 0.3) is 32.7 Å². The van der Waals surface area contributed by atoms with Crippen LogP contribution in [0.3, 0.4) is 0 Å². The molecule has 0 bridgehead atoms. The van der Waals surface area contributed by atoms with Gasteiger partial charge in [-0.15, -0.1) is 6.58 Å². The van der Waals surface area contributed by atoms with Crippen molar-refractivity contribution in [1.29, 1.82) is 0 Å². The van der Waals surface area contributed by atoms with Crippen LogP contribution in [0.5, 0.6) is 0 Å². The van der Waals surface area contributed by atoms with Gasteiger partial charge in [-0.2, -0.15) is 0 Å².